The predicted octanol–water partition coefficient (Wildman–Crippen LogP) is 3.08. The van der Waals surface area contributed by atoms with Crippen molar-refractivity contribution in [3.8, 4) is 0 Å². The molecule has 0 saturated heterocycles. The number of rotatable bonds is 4. The number of unbranched alkanes of at least 4 members (excludes halogenated alkanes) is 1. The number of nitrogens with zero attached hydrogens (tertiary/aromatic N) is 1. The molecule has 0 rings (SSSR count). The third-order valence-electron chi connectivity index (χ3n) is 1.37. The molecule has 0 aromatic heterocycles. The van der Waals surface area contributed by atoms with Crippen molar-refractivity contribution in [2.24, 2.45) is 4.76 Å². The molecule has 0 aromatic carbocycles. The molecule has 0 bridgehead atoms. The Morgan fingerprint density at radius 2 is 2.10 bits per heavy atom. The first-order valence-electron chi connectivity index (χ1n) is 3.55. The molecule has 0 heterocycles. The van der Waals surface area contributed by atoms with Gasteiger partial charge in [0.1, 0.15) is 12.6 Å². The van der Waals surface area contributed by atoms with Gasteiger partial charge >= 0.3 is 0 Å². The summed E-state index contributed by atoms with van der Waals surface area (Å²) in [5.74, 6) is 0. The Balaban J connectivity index is 3.74. The molecule has 0 amide bonds. The van der Waals surface area contributed by atoms with Gasteiger partial charge in [-0.3, -0.25) is 0 Å². The summed E-state index contributed by atoms with van der Waals surface area (Å²) in [7, 11) is -1.05. The molecule has 0 atom stereocenters. The van der Waals surface area contributed by atoms with Crippen LogP contribution < -0.4 is 0 Å². The number of isothiocyanates is 1. The maximum Gasteiger partial charge on any atom is 0.138 e. The lowest BCUT2D eigenvalue weighted by atomic mass is 10.4. The standard InChI is InChI=1S/C7H15NPS/c1-4-5-6-9(2,3)8-7-10/h4-6H2,1-3H3/q+1. The second-order valence-electron chi connectivity index (χ2n) is 2.89. The van der Waals surface area contributed by atoms with Crippen LogP contribution in [0.2, 0.25) is 0 Å². The zero-order chi connectivity index (χ0) is 8.04. The van der Waals surface area contributed by atoms with Gasteiger partial charge in [0.25, 0.3) is 0 Å². The lowest BCUT2D eigenvalue weighted by Crippen LogP contribution is -1.90. The molecule has 0 radical (unpaired) electrons. The average Bonchev–Trinajstić information content (AvgIpc) is 1.84. The van der Waals surface area contributed by atoms with E-state index in [0.717, 1.165) is 0 Å². The average molecular weight is 176 g/mol. The summed E-state index contributed by atoms with van der Waals surface area (Å²) < 4.78 is 4.17. The van der Waals surface area contributed by atoms with Crippen molar-refractivity contribution in [1.82, 2.24) is 0 Å². The van der Waals surface area contributed by atoms with E-state index in [1.807, 2.05) is 0 Å². The minimum Gasteiger partial charge on any atom is -0.0754 e. The number of hydrogen-bond donors (Lipinski definition) is 0. The molecule has 0 unspecified atom stereocenters. The Hall–Kier alpha value is 0.230. The molecular formula is C7H15NPS+. The van der Waals surface area contributed by atoms with Crippen LogP contribution in [0.15, 0.2) is 4.76 Å². The van der Waals surface area contributed by atoms with E-state index < -0.39 is 7.41 Å². The molecule has 0 aliphatic rings. The second-order valence-corrected chi connectivity index (χ2v) is 6.96. The van der Waals surface area contributed by atoms with Crippen molar-refractivity contribution in [3.05, 3.63) is 0 Å². The third-order valence-corrected chi connectivity index (χ3v) is 3.65. The molecule has 3 heteroatoms. The number of thiocarbonyl (C=S) groups is 1. The van der Waals surface area contributed by atoms with E-state index >= 15 is 0 Å². The van der Waals surface area contributed by atoms with Gasteiger partial charge in [-0.1, -0.05) is 18.1 Å². The summed E-state index contributed by atoms with van der Waals surface area (Å²) in [5, 5.41) is 2.47. The van der Waals surface area contributed by atoms with Crippen LogP contribution in [0.5, 0.6) is 0 Å². The van der Waals surface area contributed by atoms with E-state index in [4.69, 9.17) is 0 Å². The quantitative estimate of drug-likeness (QED) is 0.364. The van der Waals surface area contributed by atoms with Crippen LogP contribution in [-0.4, -0.2) is 24.7 Å². The molecular weight excluding hydrogens is 161 g/mol. The molecule has 0 aliphatic heterocycles. The van der Waals surface area contributed by atoms with Crippen molar-refractivity contribution < 1.29 is 0 Å². The summed E-state index contributed by atoms with van der Waals surface area (Å²) >= 11 is 4.56. The van der Waals surface area contributed by atoms with Crippen LogP contribution in [0.4, 0.5) is 0 Å². The molecule has 0 aromatic rings. The minimum absolute atomic E-state index is 1.05. The van der Waals surface area contributed by atoms with E-state index in [9.17, 15) is 0 Å². The maximum atomic E-state index is 4.56. The van der Waals surface area contributed by atoms with Crippen LogP contribution in [0.3, 0.4) is 0 Å². The lowest BCUT2D eigenvalue weighted by molar-refractivity contribution is 0.888. The molecule has 0 aliphatic carbocycles. The highest BCUT2D eigenvalue weighted by Gasteiger charge is 2.22. The van der Waals surface area contributed by atoms with Crippen molar-refractivity contribution in [2.75, 3.05) is 19.5 Å². The van der Waals surface area contributed by atoms with Crippen molar-refractivity contribution in [2.45, 2.75) is 19.8 Å². The minimum atomic E-state index is -1.05. The third kappa shape index (κ3) is 5.05. The van der Waals surface area contributed by atoms with Gasteiger partial charge in [-0.05, 0) is 18.6 Å². The first kappa shape index (κ1) is 10.2. The van der Waals surface area contributed by atoms with Crippen molar-refractivity contribution in [1.29, 1.82) is 0 Å². The SMILES string of the molecule is CCCC[P+](C)(C)N=C=S. The Morgan fingerprint density at radius 3 is 2.50 bits per heavy atom. The van der Waals surface area contributed by atoms with Gasteiger partial charge in [0, 0.05) is 0 Å². The zero-order valence-electron chi connectivity index (χ0n) is 6.92. The van der Waals surface area contributed by atoms with E-state index in [2.05, 4.69) is 42.4 Å². The lowest BCUT2D eigenvalue weighted by Gasteiger charge is -2.07. The van der Waals surface area contributed by atoms with Gasteiger partial charge in [0.2, 0.25) is 0 Å². The zero-order valence-corrected chi connectivity index (χ0v) is 8.63. The van der Waals surface area contributed by atoms with Crippen LogP contribution in [0, 0.1) is 0 Å². The molecule has 1 nitrogen and oxygen atoms in total. The summed E-state index contributed by atoms with van der Waals surface area (Å²) in [6, 6.07) is 0. The maximum absolute atomic E-state index is 4.56. The summed E-state index contributed by atoms with van der Waals surface area (Å²) in [5.41, 5.74) is 0. The summed E-state index contributed by atoms with van der Waals surface area (Å²) in [6.07, 6.45) is 3.73. The van der Waals surface area contributed by atoms with Crippen LogP contribution in [0.1, 0.15) is 19.8 Å². The van der Waals surface area contributed by atoms with Crippen molar-refractivity contribution in [3.63, 3.8) is 0 Å². The molecule has 0 saturated carbocycles. The highest BCUT2D eigenvalue weighted by molar-refractivity contribution is 7.79. The predicted molar refractivity (Wildman–Crippen MR) is 53.6 cm³/mol. The van der Waals surface area contributed by atoms with E-state index in [1.54, 1.807) is 0 Å². The van der Waals surface area contributed by atoms with E-state index in [-0.39, 0.29) is 0 Å². The molecule has 0 spiro atoms. The van der Waals surface area contributed by atoms with Gasteiger partial charge in [-0.15, -0.1) is 0 Å². The van der Waals surface area contributed by atoms with Gasteiger partial charge in [-0.2, -0.15) is 0 Å². The van der Waals surface area contributed by atoms with Gasteiger partial charge in [0.05, 0.1) is 19.5 Å². The number of hydrogen-bond acceptors (Lipinski definition) is 2. The first-order valence-corrected chi connectivity index (χ1v) is 6.78. The first-order chi connectivity index (χ1) is 4.62. The highest BCUT2D eigenvalue weighted by atomic mass is 32.1. The van der Waals surface area contributed by atoms with E-state index in [0.29, 0.717) is 0 Å². The molecule has 58 valence electrons. The molecule has 0 N–H and O–H groups in total. The van der Waals surface area contributed by atoms with Gasteiger partial charge in [0.15, 0.2) is 0 Å². The monoisotopic (exact) mass is 176 g/mol. The molecule has 10 heavy (non-hydrogen) atoms. The molecule has 0 fully saturated rings. The van der Waals surface area contributed by atoms with E-state index in [1.165, 1.54) is 19.0 Å². The fourth-order valence-electron chi connectivity index (χ4n) is 0.706. The van der Waals surface area contributed by atoms with Crippen molar-refractivity contribution >= 4 is 24.8 Å². The van der Waals surface area contributed by atoms with Crippen LogP contribution in [0.25, 0.3) is 0 Å². The topological polar surface area (TPSA) is 12.4 Å². The summed E-state index contributed by atoms with van der Waals surface area (Å²) in [4.78, 5) is 0. The normalized spacial score (nSPS) is 10.7. The summed E-state index contributed by atoms with van der Waals surface area (Å²) in [6.45, 7) is 6.59. The van der Waals surface area contributed by atoms with Crippen LogP contribution >= 0.6 is 19.6 Å². The fraction of sp³-hybridized carbons (Fsp3) is 0.857. The highest BCUT2D eigenvalue weighted by Crippen LogP contribution is 2.52. The largest absolute Gasteiger partial charge is 0.138 e. The van der Waals surface area contributed by atoms with Crippen LogP contribution in [-0.2, 0) is 0 Å². The Kier molecular flexibility index (Phi) is 5.07. The Bertz CT molecular complexity index is 139. The van der Waals surface area contributed by atoms with Gasteiger partial charge < -0.3 is 0 Å². The smallest absolute Gasteiger partial charge is 0.0754 e. The fourth-order valence-corrected chi connectivity index (χ4v) is 2.78. The Morgan fingerprint density at radius 1 is 1.50 bits per heavy atom. The van der Waals surface area contributed by atoms with Gasteiger partial charge in [-0.25, -0.2) is 0 Å². The second kappa shape index (κ2) is 4.96. The Labute approximate surface area is 69.3 Å².